The third-order valence-electron chi connectivity index (χ3n) is 8.86. The molecule has 1 aliphatic rings. The second-order valence-electron chi connectivity index (χ2n) is 13.6. The maximum absolute atomic E-state index is 14.7. The molecule has 6 atom stereocenters. The van der Waals surface area contributed by atoms with Crippen molar-refractivity contribution < 1.29 is 57.1 Å². The number of amides is 1. The summed E-state index contributed by atoms with van der Waals surface area (Å²) in [5.74, 6) is -3.20. The van der Waals surface area contributed by atoms with Gasteiger partial charge in [0.15, 0.2) is 30.6 Å². The van der Waals surface area contributed by atoms with Crippen molar-refractivity contribution in [1.29, 1.82) is 0 Å². The van der Waals surface area contributed by atoms with Gasteiger partial charge in [-0.2, -0.15) is 0 Å². The topological polar surface area (TPSA) is 174 Å². The molecule has 0 aromatic heterocycles. The van der Waals surface area contributed by atoms with Crippen LogP contribution in [0.5, 0.6) is 0 Å². The predicted octanol–water partition coefficient (Wildman–Crippen LogP) is 6.86. The summed E-state index contributed by atoms with van der Waals surface area (Å²) in [4.78, 5) is 69.8. The molecule has 0 spiro atoms. The van der Waals surface area contributed by atoms with Gasteiger partial charge in [0.2, 0.25) is 3.79 Å². The zero-order valence-corrected chi connectivity index (χ0v) is 35.5. The first kappa shape index (κ1) is 46.6. The molecule has 1 saturated heterocycles. The van der Waals surface area contributed by atoms with Gasteiger partial charge in [-0.05, 0) is 11.1 Å². The largest absolute Gasteiger partial charge is 0.463 e. The van der Waals surface area contributed by atoms with Crippen molar-refractivity contribution in [3.05, 3.63) is 144 Å². The molecule has 322 valence electrons. The normalized spacial score (nSPS) is 19.1. The zero-order valence-electron chi connectivity index (χ0n) is 33.2. The SMILES string of the molecule is CC(=O)OC[C@H]1O[C@@H](OC[C@H](N=C(c2ccccc2)c2ccccc2)C(=O)OC(c2ccccc2)c2ccccc2)[C@H](NC(=O)OCC(Cl)(Cl)Cl)[C@@H](OC(C)=O)[C@@H]1OC(C)=O. The Balaban J connectivity index is 1.59. The van der Waals surface area contributed by atoms with Gasteiger partial charge in [0.05, 0.1) is 12.3 Å². The quantitative estimate of drug-likeness (QED) is 0.0537. The van der Waals surface area contributed by atoms with E-state index in [9.17, 15) is 24.0 Å². The highest BCUT2D eigenvalue weighted by molar-refractivity contribution is 6.67. The summed E-state index contributed by atoms with van der Waals surface area (Å²) in [6.07, 6.45) is -8.06. The average Bonchev–Trinajstić information content (AvgIpc) is 3.23. The van der Waals surface area contributed by atoms with Gasteiger partial charge in [-0.15, -0.1) is 0 Å². The van der Waals surface area contributed by atoms with Crippen LogP contribution in [0.2, 0.25) is 0 Å². The van der Waals surface area contributed by atoms with Crippen LogP contribution in [0.25, 0.3) is 0 Å². The third-order valence-corrected chi connectivity index (χ3v) is 9.19. The van der Waals surface area contributed by atoms with Crippen molar-refractivity contribution in [2.75, 3.05) is 19.8 Å². The Morgan fingerprint density at radius 2 is 1.18 bits per heavy atom. The van der Waals surface area contributed by atoms with Crippen LogP contribution in [0, 0.1) is 0 Å². The maximum Gasteiger partial charge on any atom is 0.407 e. The summed E-state index contributed by atoms with van der Waals surface area (Å²) in [6, 6.07) is 33.6. The smallest absolute Gasteiger partial charge is 0.407 e. The predicted molar refractivity (Wildman–Crippen MR) is 224 cm³/mol. The number of hydrogen-bond donors (Lipinski definition) is 1. The second kappa shape index (κ2) is 22.4. The van der Waals surface area contributed by atoms with Crippen molar-refractivity contribution in [2.45, 2.75) is 67.4 Å². The van der Waals surface area contributed by atoms with E-state index in [0.717, 1.165) is 20.8 Å². The highest BCUT2D eigenvalue weighted by atomic mass is 35.6. The number of rotatable bonds is 16. The Hall–Kier alpha value is -5.51. The minimum Gasteiger partial charge on any atom is -0.463 e. The number of carbonyl (C=O) groups excluding carboxylic acids is 5. The number of carbonyl (C=O) groups is 5. The molecular formula is C44H43Cl3N2O12. The second-order valence-corrected chi connectivity index (χ2v) is 16.1. The summed E-state index contributed by atoms with van der Waals surface area (Å²) in [7, 11) is 0. The molecule has 4 aromatic rings. The lowest BCUT2D eigenvalue weighted by atomic mass is 9.96. The monoisotopic (exact) mass is 896 g/mol. The minimum absolute atomic E-state index is 0.415. The Kier molecular flexibility index (Phi) is 17.1. The number of aliphatic imine (C=N–C) groups is 1. The number of ether oxygens (including phenoxy) is 7. The maximum atomic E-state index is 14.7. The summed E-state index contributed by atoms with van der Waals surface area (Å²) < 4.78 is 38.4. The number of nitrogens with one attached hydrogen (secondary N) is 1. The Bertz CT molecular complexity index is 2030. The fourth-order valence-corrected chi connectivity index (χ4v) is 6.47. The molecule has 1 fully saturated rings. The van der Waals surface area contributed by atoms with Gasteiger partial charge in [0.1, 0.15) is 25.4 Å². The summed E-state index contributed by atoms with van der Waals surface area (Å²) in [5, 5.41) is 2.49. The summed E-state index contributed by atoms with van der Waals surface area (Å²) >= 11 is 17.4. The fraction of sp³-hybridized carbons (Fsp3) is 0.318. The van der Waals surface area contributed by atoms with Gasteiger partial charge in [-0.1, -0.05) is 156 Å². The van der Waals surface area contributed by atoms with Crippen molar-refractivity contribution in [3.63, 3.8) is 0 Å². The lowest BCUT2D eigenvalue weighted by Gasteiger charge is -2.44. The first-order chi connectivity index (χ1) is 29.2. The number of benzene rings is 4. The Morgan fingerprint density at radius 1 is 0.689 bits per heavy atom. The summed E-state index contributed by atoms with van der Waals surface area (Å²) in [5.41, 5.74) is 3.11. The number of hydrogen-bond acceptors (Lipinski definition) is 13. The Morgan fingerprint density at radius 3 is 1.66 bits per heavy atom. The van der Waals surface area contributed by atoms with Gasteiger partial charge in [0, 0.05) is 31.9 Å². The van der Waals surface area contributed by atoms with E-state index >= 15 is 0 Å². The van der Waals surface area contributed by atoms with Crippen LogP contribution in [0.1, 0.15) is 49.1 Å². The van der Waals surface area contributed by atoms with E-state index in [1.807, 2.05) is 121 Å². The number of alkyl halides is 3. The molecule has 61 heavy (non-hydrogen) atoms. The highest BCUT2D eigenvalue weighted by Gasteiger charge is 2.52. The molecule has 1 amide bonds. The zero-order chi connectivity index (χ0) is 43.9. The van der Waals surface area contributed by atoms with Crippen LogP contribution in [0.4, 0.5) is 4.79 Å². The lowest BCUT2D eigenvalue weighted by Crippen LogP contribution is -2.67. The van der Waals surface area contributed by atoms with E-state index in [-0.39, 0.29) is 0 Å². The van der Waals surface area contributed by atoms with E-state index in [4.69, 9.17) is 73.0 Å². The average molecular weight is 898 g/mol. The van der Waals surface area contributed by atoms with Gasteiger partial charge < -0.3 is 38.5 Å². The molecular weight excluding hydrogens is 855 g/mol. The molecule has 0 bridgehead atoms. The Labute approximate surface area is 367 Å². The first-order valence-corrected chi connectivity index (χ1v) is 20.1. The van der Waals surface area contributed by atoms with Crippen LogP contribution in [0.3, 0.4) is 0 Å². The molecule has 1 heterocycles. The van der Waals surface area contributed by atoms with Crippen molar-refractivity contribution in [1.82, 2.24) is 5.32 Å². The van der Waals surface area contributed by atoms with E-state index in [1.165, 1.54) is 0 Å². The van der Waals surface area contributed by atoms with Crippen LogP contribution < -0.4 is 5.32 Å². The molecule has 0 saturated carbocycles. The standard InChI is InChI=1S/C44H43Cl3N2O12/c1-27(50)55-25-35-39(58-28(2)51)40(59-29(3)52)37(49-43(54)57-26-44(45,46)47)42(60-35)56-24-34(48-36(30-16-8-4-9-17-30)31-18-10-5-11-19-31)41(53)61-38(32-20-12-6-13-21-32)33-22-14-7-15-23-33/h4-23,34-35,37-40,42H,24-26H2,1-3H3,(H,49,54)/t34-,35+,37+,39+,40+,42+/m0/s1. The van der Waals surface area contributed by atoms with Crippen molar-refractivity contribution in [2.24, 2.45) is 4.99 Å². The molecule has 14 nitrogen and oxygen atoms in total. The number of nitrogens with zero attached hydrogens (tertiary/aromatic N) is 1. The molecule has 1 N–H and O–H groups in total. The van der Waals surface area contributed by atoms with Crippen LogP contribution in [-0.4, -0.2) is 96.0 Å². The third kappa shape index (κ3) is 14.3. The van der Waals surface area contributed by atoms with Crippen LogP contribution >= 0.6 is 34.8 Å². The summed E-state index contributed by atoms with van der Waals surface area (Å²) in [6.45, 7) is 1.54. The molecule has 4 aromatic carbocycles. The van der Waals surface area contributed by atoms with Gasteiger partial charge >= 0.3 is 30.0 Å². The first-order valence-electron chi connectivity index (χ1n) is 18.9. The molecule has 17 heteroatoms. The lowest BCUT2D eigenvalue weighted by molar-refractivity contribution is -0.278. The van der Waals surface area contributed by atoms with E-state index in [2.05, 4.69) is 5.32 Å². The highest BCUT2D eigenvalue weighted by Crippen LogP contribution is 2.31. The van der Waals surface area contributed by atoms with Crippen molar-refractivity contribution in [3.8, 4) is 0 Å². The van der Waals surface area contributed by atoms with E-state index in [0.29, 0.717) is 28.0 Å². The van der Waals surface area contributed by atoms with Gasteiger partial charge in [-0.3, -0.25) is 19.4 Å². The number of esters is 4. The molecule has 0 unspecified atom stereocenters. The van der Waals surface area contributed by atoms with Crippen LogP contribution in [-0.2, 0) is 52.3 Å². The number of alkyl carbamates (subject to hydrolysis) is 1. The van der Waals surface area contributed by atoms with E-state index in [1.54, 1.807) is 0 Å². The molecule has 0 radical (unpaired) electrons. The van der Waals surface area contributed by atoms with Crippen molar-refractivity contribution >= 4 is 70.5 Å². The van der Waals surface area contributed by atoms with Crippen LogP contribution in [0.15, 0.2) is 126 Å². The molecule has 5 rings (SSSR count). The number of halogens is 3. The molecule has 0 aliphatic carbocycles. The fourth-order valence-electron chi connectivity index (χ4n) is 6.31. The van der Waals surface area contributed by atoms with Gasteiger partial charge in [0.25, 0.3) is 0 Å². The van der Waals surface area contributed by atoms with Gasteiger partial charge in [-0.25, -0.2) is 9.59 Å². The minimum atomic E-state index is -2.00. The molecule has 1 aliphatic heterocycles. The van der Waals surface area contributed by atoms with E-state index < -0.39 is 96.4 Å².